The highest BCUT2D eigenvalue weighted by Crippen LogP contribution is 2.43. The molecule has 1 unspecified atom stereocenters. The van der Waals surface area contributed by atoms with Crippen molar-refractivity contribution in [1.82, 2.24) is 9.55 Å². The van der Waals surface area contributed by atoms with E-state index in [2.05, 4.69) is 86.9 Å². The van der Waals surface area contributed by atoms with Crippen LogP contribution in [0.25, 0.3) is 33.3 Å². The van der Waals surface area contributed by atoms with Gasteiger partial charge in [-0.2, -0.15) is 0 Å². The Kier molecular flexibility index (Phi) is 7.58. The lowest BCUT2D eigenvalue weighted by Crippen LogP contribution is -2.21. The zero-order chi connectivity index (χ0) is 26.7. The molecule has 0 amide bonds. The van der Waals surface area contributed by atoms with Crippen LogP contribution >= 0.6 is 0 Å². The molecule has 1 aliphatic heterocycles. The minimum absolute atomic E-state index is 0.0347. The third-order valence-corrected chi connectivity index (χ3v) is 7.68. The van der Waals surface area contributed by atoms with E-state index in [1.807, 2.05) is 12.3 Å². The summed E-state index contributed by atoms with van der Waals surface area (Å²) in [6.07, 6.45) is 13.7. The predicted molar refractivity (Wildman–Crippen MR) is 156 cm³/mol. The summed E-state index contributed by atoms with van der Waals surface area (Å²) in [4.78, 5) is 4.86. The molecular weight excluding hydrogens is 468 g/mol. The van der Waals surface area contributed by atoms with Crippen LogP contribution in [0.5, 0.6) is 0 Å². The lowest BCUT2D eigenvalue weighted by Gasteiger charge is -2.24. The monoisotopic (exact) mass is 506 g/mol. The fourth-order valence-corrected chi connectivity index (χ4v) is 5.82. The van der Waals surface area contributed by atoms with Gasteiger partial charge < -0.3 is 14.0 Å². The molecule has 0 saturated carbocycles. The zero-order valence-electron chi connectivity index (χ0n) is 23.1. The number of rotatable bonds is 9. The first kappa shape index (κ1) is 26.1. The summed E-state index contributed by atoms with van der Waals surface area (Å²) in [6, 6.07) is 20.0. The van der Waals surface area contributed by atoms with Crippen LogP contribution in [0.4, 0.5) is 0 Å². The molecule has 3 heterocycles. The van der Waals surface area contributed by atoms with Crippen molar-refractivity contribution < 1.29 is 9.47 Å². The second kappa shape index (κ2) is 11.1. The van der Waals surface area contributed by atoms with E-state index in [-0.39, 0.29) is 11.5 Å². The molecule has 0 N–H and O–H groups in total. The van der Waals surface area contributed by atoms with Gasteiger partial charge in [0.25, 0.3) is 0 Å². The molecule has 2 aromatic heterocycles. The van der Waals surface area contributed by atoms with Gasteiger partial charge in [-0.15, -0.1) is 0 Å². The molecule has 4 aromatic rings. The van der Waals surface area contributed by atoms with Gasteiger partial charge in [0.1, 0.15) is 18.8 Å². The first-order chi connectivity index (χ1) is 18.5. The molecule has 1 fully saturated rings. The van der Waals surface area contributed by atoms with Gasteiger partial charge in [0, 0.05) is 41.2 Å². The van der Waals surface area contributed by atoms with E-state index >= 15 is 0 Å². The molecule has 1 saturated heterocycles. The summed E-state index contributed by atoms with van der Waals surface area (Å²) in [7, 11) is 0. The van der Waals surface area contributed by atoms with Gasteiger partial charge in [0.15, 0.2) is 0 Å². The molecule has 196 valence electrons. The van der Waals surface area contributed by atoms with Crippen LogP contribution in [0, 0.1) is 17.9 Å². The molecule has 0 radical (unpaired) electrons. The quantitative estimate of drug-likeness (QED) is 0.216. The predicted octanol–water partition coefficient (Wildman–Crippen LogP) is 7.98. The van der Waals surface area contributed by atoms with Crippen molar-refractivity contribution in [1.29, 1.82) is 0 Å². The Hall–Kier alpha value is -3.55. The average Bonchev–Trinajstić information content (AvgIpc) is 3.58. The highest BCUT2D eigenvalue weighted by Gasteiger charge is 2.30. The molecule has 2 aromatic carbocycles. The van der Waals surface area contributed by atoms with Crippen LogP contribution in [-0.4, -0.2) is 22.8 Å². The summed E-state index contributed by atoms with van der Waals surface area (Å²) in [6.45, 7) is 11.0. The number of aromatic nitrogens is 2. The Morgan fingerprint density at radius 1 is 1.11 bits per heavy atom. The minimum atomic E-state index is -0.154. The van der Waals surface area contributed by atoms with Crippen LogP contribution in [0.1, 0.15) is 63.5 Å². The van der Waals surface area contributed by atoms with Crippen LogP contribution in [0.2, 0.25) is 0 Å². The number of benzene rings is 2. The van der Waals surface area contributed by atoms with Gasteiger partial charge in [-0.1, -0.05) is 57.5 Å². The molecule has 5 rings (SSSR count). The summed E-state index contributed by atoms with van der Waals surface area (Å²) in [5.74, 6) is 0. The molecule has 0 bridgehead atoms. The topological polar surface area (TPSA) is 36.3 Å². The standard InChI is InChI=1S/C34H38N2O2/c1-6-24-12-9-13-25(20-24)26-16-17-30-28(21-26)29(22-34(4,5)23-37-8-3)33(36(30)7-2)27-14-10-18-35-32(27)31-15-11-19-38-31/h3,9-10,12-14,16-18,20-21,31H,6-7,11,15,19,22-23H2,1-2,4-5H3. The molecule has 0 spiro atoms. The van der Waals surface area contributed by atoms with E-state index < -0.39 is 0 Å². The van der Waals surface area contributed by atoms with Crippen molar-refractivity contribution in [2.45, 2.75) is 66.0 Å². The number of aryl methyl sites for hydroxylation is 2. The first-order valence-corrected chi connectivity index (χ1v) is 13.8. The van der Waals surface area contributed by atoms with Crippen molar-refractivity contribution in [3.8, 4) is 34.9 Å². The van der Waals surface area contributed by atoms with Crippen molar-refractivity contribution in [3.63, 3.8) is 0 Å². The van der Waals surface area contributed by atoms with E-state index in [1.54, 1.807) is 0 Å². The molecular formula is C34H38N2O2. The maximum absolute atomic E-state index is 6.13. The molecule has 4 nitrogen and oxygen atoms in total. The number of hydrogen-bond acceptors (Lipinski definition) is 3. The third kappa shape index (κ3) is 5.08. The lowest BCUT2D eigenvalue weighted by atomic mass is 9.84. The van der Waals surface area contributed by atoms with Gasteiger partial charge in [0.2, 0.25) is 0 Å². The van der Waals surface area contributed by atoms with Crippen LogP contribution < -0.4 is 0 Å². The van der Waals surface area contributed by atoms with Crippen molar-refractivity contribution in [2.75, 3.05) is 13.2 Å². The lowest BCUT2D eigenvalue weighted by molar-refractivity contribution is 0.109. The van der Waals surface area contributed by atoms with Gasteiger partial charge in [-0.25, -0.2) is 0 Å². The van der Waals surface area contributed by atoms with Gasteiger partial charge in [0.05, 0.1) is 11.4 Å². The maximum atomic E-state index is 6.13. The summed E-state index contributed by atoms with van der Waals surface area (Å²) < 4.78 is 14.0. The number of fused-ring (bicyclic) bond motifs is 1. The highest BCUT2D eigenvalue weighted by molar-refractivity contribution is 5.95. The summed E-state index contributed by atoms with van der Waals surface area (Å²) >= 11 is 0. The molecule has 0 aliphatic carbocycles. The fraction of sp³-hybridized carbons (Fsp3) is 0.382. The number of nitrogens with zero attached hydrogens (tertiary/aromatic N) is 2. The van der Waals surface area contributed by atoms with Crippen molar-refractivity contribution in [3.05, 3.63) is 77.6 Å². The van der Waals surface area contributed by atoms with Gasteiger partial charge in [-0.05, 0) is 79.1 Å². The van der Waals surface area contributed by atoms with E-state index in [4.69, 9.17) is 20.9 Å². The van der Waals surface area contributed by atoms with E-state index in [0.717, 1.165) is 50.1 Å². The SMILES string of the molecule is C#COCC(C)(C)Cc1c(-c2cccnc2C2CCCO2)n(CC)c2ccc(-c3cccc(CC)c3)cc12. The summed E-state index contributed by atoms with van der Waals surface area (Å²) in [5.41, 5.74) is 9.66. The van der Waals surface area contributed by atoms with E-state index in [9.17, 15) is 0 Å². The number of ether oxygens (including phenoxy) is 2. The largest absolute Gasteiger partial charge is 0.446 e. The number of hydrogen-bond donors (Lipinski definition) is 0. The van der Waals surface area contributed by atoms with Crippen LogP contribution in [0.3, 0.4) is 0 Å². The van der Waals surface area contributed by atoms with Gasteiger partial charge in [-0.3, -0.25) is 4.98 Å². The second-order valence-corrected chi connectivity index (χ2v) is 11.0. The minimum Gasteiger partial charge on any atom is -0.446 e. The maximum Gasteiger partial charge on any atom is 0.106 e. The molecule has 1 aliphatic rings. The smallest absolute Gasteiger partial charge is 0.106 e. The third-order valence-electron chi connectivity index (χ3n) is 7.68. The Balaban J connectivity index is 1.75. The normalized spacial score (nSPS) is 15.6. The van der Waals surface area contributed by atoms with E-state index in [1.165, 1.54) is 38.9 Å². The fourth-order valence-electron chi connectivity index (χ4n) is 5.82. The van der Waals surface area contributed by atoms with Crippen LogP contribution in [-0.2, 0) is 28.9 Å². The Bertz CT molecular complexity index is 1470. The van der Waals surface area contributed by atoms with Crippen LogP contribution in [0.15, 0.2) is 60.8 Å². The Morgan fingerprint density at radius 2 is 1.95 bits per heavy atom. The molecule has 38 heavy (non-hydrogen) atoms. The molecule has 4 heteroatoms. The molecule has 1 atom stereocenters. The Labute approximate surface area is 227 Å². The van der Waals surface area contributed by atoms with Crippen molar-refractivity contribution in [2.24, 2.45) is 5.41 Å². The first-order valence-electron chi connectivity index (χ1n) is 13.8. The summed E-state index contributed by atoms with van der Waals surface area (Å²) in [5, 5.41) is 1.28. The van der Waals surface area contributed by atoms with E-state index in [0.29, 0.717) is 6.61 Å². The number of terminal acetylenes is 1. The average molecular weight is 507 g/mol. The highest BCUT2D eigenvalue weighted by atomic mass is 16.5. The second-order valence-electron chi connectivity index (χ2n) is 11.0. The number of pyridine rings is 1. The van der Waals surface area contributed by atoms with Gasteiger partial charge >= 0.3 is 0 Å². The zero-order valence-corrected chi connectivity index (χ0v) is 23.1. The van der Waals surface area contributed by atoms with Crippen molar-refractivity contribution >= 4 is 10.9 Å². The Morgan fingerprint density at radius 3 is 2.68 bits per heavy atom.